The summed E-state index contributed by atoms with van der Waals surface area (Å²) in [4.78, 5) is 33.0. The van der Waals surface area contributed by atoms with Gasteiger partial charge in [0.15, 0.2) is 0 Å². The summed E-state index contributed by atoms with van der Waals surface area (Å²) in [7, 11) is 1.94. The Morgan fingerprint density at radius 3 is 2.56 bits per heavy atom. The van der Waals surface area contributed by atoms with E-state index in [1.165, 1.54) is 0 Å². The Morgan fingerprint density at radius 1 is 1.12 bits per heavy atom. The maximum atomic E-state index is 12.8. The topological polar surface area (TPSA) is 58.4 Å². The third-order valence-corrected chi connectivity index (χ3v) is 4.83. The Balaban J connectivity index is 1.61. The fraction of sp³-hybridized carbons (Fsp3) is 0.421. The van der Waals surface area contributed by atoms with Gasteiger partial charge in [0.2, 0.25) is 5.91 Å². The third-order valence-electron chi connectivity index (χ3n) is 4.83. The number of rotatable bonds is 3. The summed E-state index contributed by atoms with van der Waals surface area (Å²) >= 11 is 0. The lowest BCUT2D eigenvalue weighted by Crippen LogP contribution is -2.38. The molecule has 132 valence electrons. The maximum absolute atomic E-state index is 12.8. The smallest absolute Gasteiger partial charge is 0.255 e. The highest BCUT2D eigenvalue weighted by atomic mass is 16.2. The van der Waals surface area contributed by atoms with Gasteiger partial charge in [0.1, 0.15) is 0 Å². The minimum absolute atomic E-state index is 0.0552. The molecule has 0 unspecified atom stereocenters. The van der Waals surface area contributed by atoms with Crippen LogP contribution in [0, 0.1) is 6.92 Å². The SMILES string of the molecule is Cc1c(C(=O)N2CCCN(C(=O)Cc3cccnc3)CC2)ccn1C. The zero-order valence-electron chi connectivity index (χ0n) is 14.8. The lowest BCUT2D eigenvalue weighted by Gasteiger charge is -2.22. The van der Waals surface area contributed by atoms with Gasteiger partial charge in [0.05, 0.1) is 12.0 Å². The van der Waals surface area contributed by atoms with E-state index in [0.29, 0.717) is 32.6 Å². The number of aryl methyl sites for hydroxylation is 1. The van der Waals surface area contributed by atoms with Crippen molar-refractivity contribution < 1.29 is 9.59 Å². The summed E-state index contributed by atoms with van der Waals surface area (Å²) in [5.41, 5.74) is 2.64. The number of hydrogen-bond acceptors (Lipinski definition) is 3. The molecule has 0 saturated carbocycles. The standard InChI is InChI=1S/C19H24N4O2/c1-15-17(6-10-21(15)2)19(25)23-9-4-8-22(11-12-23)18(24)13-16-5-3-7-20-14-16/h3,5-7,10,14H,4,8-9,11-13H2,1-2H3. The third kappa shape index (κ3) is 3.90. The van der Waals surface area contributed by atoms with Gasteiger partial charge in [-0.05, 0) is 31.0 Å². The first-order valence-corrected chi connectivity index (χ1v) is 8.64. The molecular weight excluding hydrogens is 316 g/mol. The number of nitrogens with zero attached hydrogens (tertiary/aromatic N) is 4. The van der Waals surface area contributed by atoms with Crippen molar-refractivity contribution in [3.8, 4) is 0 Å². The van der Waals surface area contributed by atoms with Crippen molar-refractivity contribution in [3.63, 3.8) is 0 Å². The van der Waals surface area contributed by atoms with E-state index < -0.39 is 0 Å². The highest BCUT2D eigenvalue weighted by Crippen LogP contribution is 2.14. The number of carbonyl (C=O) groups excluding carboxylic acids is 2. The summed E-state index contributed by atoms with van der Waals surface area (Å²) in [6.45, 7) is 4.48. The fourth-order valence-electron chi connectivity index (χ4n) is 3.16. The van der Waals surface area contributed by atoms with E-state index in [-0.39, 0.29) is 11.8 Å². The molecule has 6 heteroatoms. The van der Waals surface area contributed by atoms with E-state index >= 15 is 0 Å². The first kappa shape index (κ1) is 17.2. The molecule has 0 aromatic carbocycles. The van der Waals surface area contributed by atoms with Crippen LogP contribution in [-0.4, -0.2) is 57.3 Å². The second kappa shape index (κ2) is 7.51. The van der Waals surface area contributed by atoms with E-state index in [4.69, 9.17) is 0 Å². The summed E-state index contributed by atoms with van der Waals surface area (Å²) in [6.07, 6.45) is 6.50. The quantitative estimate of drug-likeness (QED) is 0.854. The van der Waals surface area contributed by atoms with E-state index in [1.807, 2.05) is 52.7 Å². The number of amides is 2. The van der Waals surface area contributed by atoms with E-state index in [2.05, 4.69) is 4.98 Å². The minimum atomic E-state index is 0.0552. The molecular formula is C19H24N4O2. The van der Waals surface area contributed by atoms with Crippen molar-refractivity contribution in [1.29, 1.82) is 0 Å². The molecule has 0 N–H and O–H groups in total. The molecule has 1 fully saturated rings. The van der Waals surface area contributed by atoms with Gasteiger partial charge in [-0.25, -0.2) is 0 Å². The Bertz CT molecular complexity index is 754. The van der Waals surface area contributed by atoms with Crippen LogP contribution >= 0.6 is 0 Å². The number of pyridine rings is 1. The second-order valence-corrected chi connectivity index (χ2v) is 6.49. The molecule has 0 aliphatic carbocycles. The first-order valence-electron chi connectivity index (χ1n) is 8.64. The molecule has 1 aliphatic heterocycles. The molecule has 0 atom stereocenters. The van der Waals surface area contributed by atoms with Gasteiger partial charge in [-0.3, -0.25) is 14.6 Å². The second-order valence-electron chi connectivity index (χ2n) is 6.49. The van der Waals surface area contributed by atoms with E-state index in [0.717, 1.165) is 23.2 Å². The fourth-order valence-corrected chi connectivity index (χ4v) is 3.16. The molecule has 2 aromatic heterocycles. The van der Waals surface area contributed by atoms with Gasteiger partial charge in [-0.1, -0.05) is 6.07 Å². The Morgan fingerprint density at radius 2 is 1.88 bits per heavy atom. The van der Waals surface area contributed by atoms with Crippen LogP contribution in [0.25, 0.3) is 0 Å². The van der Waals surface area contributed by atoms with Gasteiger partial charge >= 0.3 is 0 Å². The average Bonchev–Trinajstić information content (AvgIpc) is 2.82. The monoisotopic (exact) mass is 340 g/mol. The molecule has 2 amide bonds. The van der Waals surface area contributed by atoms with Crippen LogP contribution < -0.4 is 0 Å². The average molecular weight is 340 g/mol. The Labute approximate surface area is 148 Å². The van der Waals surface area contributed by atoms with Crippen molar-refractivity contribution in [1.82, 2.24) is 19.4 Å². The lowest BCUT2D eigenvalue weighted by atomic mass is 10.2. The normalized spacial score (nSPS) is 15.1. The molecule has 1 aliphatic rings. The number of aromatic nitrogens is 2. The molecule has 1 saturated heterocycles. The highest BCUT2D eigenvalue weighted by molar-refractivity contribution is 5.95. The molecule has 0 radical (unpaired) electrons. The van der Waals surface area contributed by atoms with Crippen LogP contribution in [0.3, 0.4) is 0 Å². The van der Waals surface area contributed by atoms with Crippen LogP contribution in [0.15, 0.2) is 36.8 Å². The van der Waals surface area contributed by atoms with Crippen LogP contribution in [0.5, 0.6) is 0 Å². The largest absolute Gasteiger partial charge is 0.354 e. The van der Waals surface area contributed by atoms with E-state index in [1.54, 1.807) is 12.4 Å². The van der Waals surface area contributed by atoms with Crippen molar-refractivity contribution in [2.24, 2.45) is 7.05 Å². The van der Waals surface area contributed by atoms with Gasteiger partial charge in [0.25, 0.3) is 5.91 Å². The lowest BCUT2D eigenvalue weighted by molar-refractivity contribution is -0.130. The summed E-state index contributed by atoms with van der Waals surface area (Å²) in [6, 6.07) is 5.62. The molecule has 25 heavy (non-hydrogen) atoms. The zero-order chi connectivity index (χ0) is 17.8. The molecule has 3 heterocycles. The Hall–Kier alpha value is -2.63. The predicted molar refractivity (Wildman–Crippen MR) is 95.2 cm³/mol. The van der Waals surface area contributed by atoms with E-state index in [9.17, 15) is 9.59 Å². The maximum Gasteiger partial charge on any atom is 0.255 e. The molecule has 6 nitrogen and oxygen atoms in total. The highest BCUT2D eigenvalue weighted by Gasteiger charge is 2.24. The Kier molecular flexibility index (Phi) is 5.16. The van der Waals surface area contributed by atoms with Gasteiger partial charge in [-0.2, -0.15) is 0 Å². The van der Waals surface area contributed by atoms with Crippen LogP contribution in [0.1, 0.15) is 28.0 Å². The van der Waals surface area contributed by atoms with Crippen molar-refractivity contribution in [2.45, 2.75) is 19.8 Å². The summed E-state index contributed by atoms with van der Waals surface area (Å²) < 4.78 is 1.95. The number of carbonyl (C=O) groups is 2. The minimum Gasteiger partial charge on any atom is -0.354 e. The van der Waals surface area contributed by atoms with Gasteiger partial charge < -0.3 is 14.4 Å². The van der Waals surface area contributed by atoms with Crippen molar-refractivity contribution >= 4 is 11.8 Å². The van der Waals surface area contributed by atoms with Crippen LogP contribution in [-0.2, 0) is 18.3 Å². The molecule has 3 rings (SSSR count). The molecule has 0 spiro atoms. The molecule has 2 aromatic rings. The zero-order valence-corrected chi connectivity index (χ0v) is 14.8. The van der Waals surface area contributed by atoms with Crippen molar-refractivity contribution in [3.05, 3.63) is 53.6 Å². The summed E-state index contributed by atoms with van der Waals surface area (Å²) in [5, 5.41) is 0. The van der Waals surface area contributed by atoms with Gasteiger partial charge in [0, 0.05) is 57.5 Å². The summed E-state index contributed by atoms with van der Waals surface area (Å²) in [5.74, 6) is 0.151. The number of hydrogen-bond donors (Lipinski definition) is 0. The predicted octanol–water partition coefficient (Wildman–Crippen LogP) is 1.65. The first-order chi connectivity index (χ1) is 12.1. The van der Waals surface area contributed by atoms with Gasteiger partial charge in [-0.15, -0.1) is 0 Å². The van der Waals surface area contributed by atoms with Crippen LogP contribution in [0.2, 0.25) is 0 Å². The molecule has 0 bridgehead atoms. The van der Waals surface area contributed by atoms with Crippen LogP contribution in [0.4, 0.5) is 0 Å². The van der Waals surface area contributed by atoms with Crippen molar-refractivity contribution in [2.75, 3.05) is 26.2 Å².